The summed E-state index contributed by atoms with van der Waals surface area (Å²) in [5.41, 5.74) is 5.50. The highest BCUT2D eigenvalue weighted by Crippen LogP contribution is 2.55. The number of benzene rings is 2. The van der Waals surface area contributed by atoms with E-state index in [9.17, 15) is 4.79 Å². The quantitative estimate of drug-likeness (QED) is 0.161. The van der Waals surface area contributed by atoms with E-state index in [0.717, 1.165) is 36.0 Å². The fourth-order valence-corrected chi connectivity index (χ4v) is 6.32. The molecule has 1 aliphatic heterocycles. The van der Waals surface area contributed by atoms with Gasteiger partial charge in [-0.1, -0.05) is 42.4 Å². The van der Waals surface area contributed by atoms with Crippen molar-refractivity contribution in [3.8, 4) is 28.7 Å². The van der Waals surface area contributed by atoms with E-state index in [1.807, 2.05) is 24.3 Å². The smallest absolute Gasteiger partial charge is 0.310 e. The molecule has 0 radical (unpaired) electrons. The number of allylic oxidation sites excluding steroid dienone is 5. The summed E-state index contributed by atoms with van der Waals surface area (Å²) in [6, 6.07) is 7.87. The first-order valence-corrected chi connectivity index (χ1v) is 15.5. The predicted octanol–water partition coefficient (Wildman–Crippen LogP) is 7.85. The third kappa shape index (κ3) is 7.43. The van der Waals surface area contributed by atoms with Gasteiger partial charge in [-0.05, 0) is 87.8 Å². The molecule has 1 aliphatic carbocycles. The average Bonchev–Trinajstić information content (AvgIpc) is 3.38. The van der Waals surface area contributed by atoms with Gasteiger partial charge in [0.25, 0.3) is 0 Å². The van der Waals surface area contributed by atoms with E-state index >= 15 is 0 Å². The van der Waals surface area contributed by atoms with Gasteiger partial charge in [0.1, 0.15) is 6.61 Å². The minimum Gasteiger partial charge on any atom is -0.493 e. The topological polar surface area (TPSA) is 72.5 Å². The number of carbonyl (C=O) groups is 1. The molecule has 0 amide bonds. The standard InChI is InChI=1S/C37H48O7/c1-23(2)11-9-12-24(3)13-10-14-25(4)17-18-43-30-20-26(15-16-29(30)39-5)32-33-27(19-28-22-44-37(38)34(28)32)21-31(40-6)35(41-7)36(33)42-8/h10-11,13,15-17,20-21,24,28,32,34H,9,12,14,18-19,22H2,1-8H3/b13-10+,25-17+/t24?,28-,32-,34-/m0/s1. The number of hydrogen-bond donors (Lipinski definition) is 0. The average molecular weight is 605 g/mol. The molecule has 0 N–H and O–H groups in total. The van der Waals surface area contributed by atoms with E-state index in [-0.39, 0.29) is 23.7 Å². The zero-order chi connectivity index (χ0) is 31.8. The van der Waals surface area contributed by atoms with Crippen molar-refractivity contribution in [2.45, 2.75) is 59.3 Å². The van der Waals surface area contributed by atoms with Crippen molar-refractivity contribution >= 4 is 5.97 Å². The van der Waals surface area contributed by atoms with Crippen LogP contribution in [0.2, 0.25) is 0 Å². The second-order valence-electron chi connectivity index (χ2n) is 12.1. The van der Waals surface area contributed by atoms with Gasteiger partial charge in [-0.15, -0.1) is 0 Å². The van der Waals surface area contributed by atoms with Crippen LogP contribution in [0.1, 0.15) is 69.6 Å². The number of carbonyl (C=O) groups excluding carboxylic acids is 1. The Morgan fingerprint density at radius 3 is 2.39 bits per heavy atom. The molecule has 1 fully saturated rings. The first-order chi connectivity index (χ1) is 21.2. The van der Waals surface area contributed by atoms with Crippen molar-refractivity contribution in [2.24, 2.45) is 17.8 Å². The minimum atomic E-state index is -0.353. The molecule has 1 saturated heterocycles. The molecule has 4 atom stereocenters. The lowest BCUT2D eigenvalue weighted by atomic mass is 9.67. The Bertz CT molecular complexity index is 1400. The summed E-state index contributed by atoms with van der Waals surface area (Å²) in [4.78, 5) is 13.2. The fourth-order valence-electron chi connectivity index (χ4n) is 6.32. The van der Waals surface area contributed by atoms with Gasteiger partial charge < -0.3 is 28.4 Å². The van der Waals surface area contributed by atoms with Crippen LogP contribution in [0.3, 0.4) is 0 Å². The summed E-state index contributed by atoms with van der Waals surface area (Å²) in [5.74, 6) is 2.64. The molecule has 7 nitrogen and oxygen atoms in total. The molecule has 1 heterocycles. The van der Waals surface area contributed by atoms with Crippen molar-refractivity contribution < 1.29 is 33.2 Å². The summed E-state index contributed by atoms with van der Waals surface area (Å²) in [6.07, 6.45) is 12.8. The Morgan fingerprint density at radius 2 is 1.70 bits per heavy atom. The Morgan fingerprint density at radius 1 is 0.955 bits per heavy atom. The van der Waals surface area contributed by atoms with Crippen LogP contribution in [0.4, 0.5) is 0 Å². The van der Waals surface area contributed by atoms with Crippen LogP contribution in [-0.2, 0) is 16.0 Å². The second-order valence-corrected chi connectivity index (χ2v) is 12.1. The highest BCUT2D eigenvalue weighted by molar-refractivity contribution is 5.79. The van der Waals surface area contributed by atoms with Crippen molar-refractivity contribution in [1.29, 1.82) is 0 Å². The van der Waals surface area contributed by atoms with Crippen LogP contribution < -0.4 is 23.7 Å². The largest absolute Gasteiger partial charge is 0.493 e. The third-order valence-electron chi connectivity index (χ3n) is 8.62. The molecule has 2 aromatic rings. The fraction of sp³-hybridized carbons (Fsp3) is 0.486. The number of hydrogen-bond acceptors (Lipinski definition) is 7. The van der Waals surface area contributed by atoms with Gasteiger partial charge in [0, 0.05) is 17.4 Å². The predicted molar refractivity (Wildman–Crippen MR) is 173 cm³/mol. The number of cyclic esters (lactones) is 1. The highest BCUT2D eigenvalue weighted by atomic mass is 16.5. The number of fused-ring (bicyclic) bond motifs is 2. The van der Waals surface area contributed by atoms with E-state index in [1.54, 1.807) is 28.4 Å². The monoisotopic (exact) mass is 604 g/mol. The minimum absolute atomic E-state index is 0.0443. The van der Waals surface area contributed by atoms with E-state index in [2.05, 4.69) is 52.0 Å². The van der Waals surface area contributed by atoms with Crippen LogP contribution in [0.15, 0.2) is 59.7 Å². The van der Waals surface area contributed by atoms with Crippen molar-refractivity contribution in [3.63, 3.8) is 0 Å². The Hall–Kier alpha value is -3.87. The van der Waals surface area contributed by atoms with Crippen molar-refractivity contribution in [2.75, 3.05) is 41.7 Å². The molecule has 7 heteroatoms. The maximum atomic E-state index is 13.2. The molecule has 0 bridgehead atoms. The molecule has 0 saturated carbocycles. The van der Waals surface area contributed by atoms with Crippen molar-refractivity contribution in [3.05, 3.63) is 76.4 Å². The maximum absolute atomic E-state index is 13.2. The zero-order valence-electron chi connectivity index (χ0n) is 27.5. The van der Waals surface area contributed by atoms with Gasteiger partial charge in [0.2, 0.25) is 5.75 Å². The van der Waals surface area contributed by atoms with E-state index in [0.29, 0.717) is 54.3 Å². The van der Waals surface area contributed by atoms with Crippen molar-refractivity contribution in [1.82, 2.24) is 0 Å². The van der Waals surface area contributed by atoms with E-state index in [1.165, 1.54) is 11.1 Å². The van der Waals surface area contributed by atoms with Gasteiger partial charge in [-0.25, -0.2) is 0 Å². The lowest BCUT2D eigenvalue weighted by molar-refractivity contribution is -0.141. The van der Waals surface area contributed by atoms with E-state index < -0.39 is 0 Å². The normalized spacial score (nSPS) is 20.0. The van der Waals surface area contributed by atoms with Crippen LogP contribution in [0, 0.1) is 17.8 Å². The molecule has 1 unspecified atom stereocenters. The zero-order valence-corrected chi connectivity index (χ0v) is 27.5. The van der Waals surface area contributed by atoms with Gasteiger partial charge in [-0.3, -0.25) is 4.79 Å². The van der Waals surface area contributed by atoms with Gasteiger partial charge in [-0.2, -0.15) is 0 Å². The Balaban J connectivity index is 1.59. The van der Waals surface area contributed by atoms with Gasteiger partial charge in [0.05, 0.1) is 41.0 Å². The van der Waals surface area contributed by atoms with Gasteiger partial charge >= 0.3 is 5.97 Å². The summed E-state index contributed by atoms with van der Waals surface area (Å²) in [6.45, 7) is 9.46. The lowest BCUT2D eigenvalue weighted by Crippen LogP contribution is -2.32. The number of rotatable bonds is 14. The first-order valence-electron chi connectivity index (χ1n) is 15.5. The Kier molecular flexibility index (Phi) is 11.4. The summed E-state index contributed by atoms with van der Waals surface area (Å²) >= 11 is 0. The summed E-state index contributed by atoms with van der Waals surface area (Å²) in [7, 11) is 6.45. The molecule has 2 aromatic carbocycles. The molecule has 4 rings (SSSR count). The maximum Gasteiger partial charge on any atom is 0.310 e. The Labute approximate surface area is 262 Å². The van der Waals surface area contributed by atoms with E-state index in [4.69, 9.17) is 28.4 Å². The molecule has 238 valence electrons. The molecule has 0 spiro atoms. The molecule has 0 aromatic heterocycles. The number of methoxy groups -OCH3 is 4. The number of esters is 1. The molecular formula is C37H48O7. The molecule has 44 heavy (non-hydrogen) atoms. The summed E-state index contributed by atoms with van der Waals surface area (Å²) in [5, 5.41) is 0. The highest BCUT2D eigenvalue weighted by Gasteiger charge is 2.49. The second kappa shape index (κ2) is 15.2. The first kappa shape index (κ1) is 33.0. The van der Waals surface area contributed by atoms with Crippen LogP contribution >= 0.6 is 0 Å². The molecular weight excluding hydrogens is 556 g/mol. The molecule has 2 aliphatic rings. The SMILES string of the molecule is COc1ccc([C@H]2c3c(cc(OC)c(OC)c3OC)C[C@H]3COC(=O)[C@@H]32)cc1OC/C=C(\C)C/C=C/C(C)CCC=C(C)C. The van der Waals surface area contributed by atoms with Gasteiger partial charge in [0.15, 0.2) is 23.0 Å². The number of ether oxygens (including phenoxy) is 6. The summed E-state index contributed by atoms with van der Waals surface area (Å²) < 4.78 is 34.8. The van der Waals surface area contributed by atoms with Crippen LogP contribution in [0.25, 0.3) is 0 Å². The van der Waals surface area contributed by atoms with Crippen LogP contribution in [-0.4, -0.2) is 47.6 Å². The third-order valence-corrected chi connectivity index (χ3v) is 8.62. The lowest BCUT2D eigenvalue weighted by Gasteiger charge is -2.35. The van der Waals surface area contributed by atoms with Crippen LogP contribution in [0.5, 0.6) is 28.7 Å².